The highest BCUT2D eigenvalue weighted by Crippen LogP contribution is 2.33. The SMILES string of the molecule is Cc1ccc(C(C)(C)C)c(Oc2ncc(CO)cn2)c1. The smallest absolute Gasteiger partial charge is 0.321 e. The van der Waals surface area contributed by atoms with Gasteiger partial charge in [-0.05, 0) is 24.0 Å². The van der Waals surface area contributed by atoms with Crippen molar-refractivity contribution in [1.82, 2.24) is 9.97 Å². The summed E-state index contributed by atoms with van der Waals surface area (Å²) in [6.45, 7) is 8.37. The lowest BCUT2D eigenvalue weighted by Gasteiger charge is -2.22. The third kappa shape index (κ3) is 3.33. The van der Waals surface area contributed by atoms with E-state index in [4.69, 9.17) is 9.84 Å². The monoisotopic (exact) mass is 272 g/mol. The van der Waals surface area contributed by atoms with Crippen LogP contribution >= 0.6 is 0 Å². The summed E-state index contributed by atoms with van der Waals surface area (Å²) in [5, 5.41) is 8.98. The maximum Gasteiger partial charge on any atom is 0.321 e. The number of rotatable bonds is 3. The molecule has 0 atom stereocenters. The number of benzene rings is 1. The summed E-state index contributed by atoms with van der Waals surface area (Å²) < 4.78 is 5.81. The Morgan fingerprint density at radius 1 is 1.15 bits per heavy atom. The lowest BCUT2D eigenvalue weighted by molar-refractivity contribution is 0.280. The molecule has 4 nitrogen and oxygen atoms in total. The molecule has 0 aliphatic carbocycles. The van der Waals surface area contributed by atoms with Gasteiger partial charge in [0.1, 0.15) is 5.75 Å². The summed E-state index contributed by atoms with van der Waals surface area (Å²) >= 11 is 0. The zero-order valence-corrected chi connectivity index (χ0v) is 12.3. The maximum absolute atomic E-state index is 8.98. The molecule has 0 saturated carbocycles. The summed E-state index contributed by atoms with van der Waals surface area (Å²) in [6.07, 6.45) is 3.13. The molecule has 0 saturated heterocycles. The maximum atomic E-state index is 8.98. The van der Waals surface area contributed by atoms with Crippen LogP contribution in [-0.2, 0) is 12.0 Å². The molecule has 0 radical (unpaired) electrons. The van der Waals surface area contributed by atoms with Gasteiger partial charge in [0.05, 0.1) is 6.61 Å². The second-order valence-electron chi connectivity index (χ2n) is 5.88. The highest BCUT2D eigenvalue weighted by molar-refractivity contribution is 5.42. The molecule has 0 aliphatic rings. The molecule has 1 N–H and O–H groups in total. The van der Waals surface area contributed by atoms with Crippen LogP contribution < -0.4 is 4.74 Å². The van der Waals surface area contributed by atoms with Crippen molar-refractivity contribution in [3.63, 3.8) is 0 Å². The van der Waals surface area contributed by atoms with Crippen molar-refractivity contribution in [2.45, 2.75) is 39.7 Å². The lowest BCUT2D eigenvalue weighted by Crippen LogP contribution is -2.13. The summed E-state index contributed by atoms with van der Waals surface area (Å²) in [4.78, 5) is 8.21. The highest BCUT2D eigenvalue weighted by Gasteiger charge is 2.19. The van der Waals surface area contributed by atoms with Crippen LogP contribution in [0, 0.1) is 6.92 Å². The molecular formula is C16H20N2O2. The summed E-state index contributed by atoms with van der Waals surface area (Å²) in [6, 6.07) is 6.43. The molecule has 2 aromatic rings. The number of aromatic nitrogens is 2. The van der Waals surface area contributed by atoms with E-state index in [0.717, 1.165) is 16.9 Å². The molecule has 20 heavy (non-hydrogen) atoms. The van der Waals surface area contributed by atoms with E-state index in [2.05, 4.69) is 42.9 Å². The Morgan fingerprint density at radius 2 is 1.80 bits per heavy atom. The summed E-state index contributed by atoms with van der Waals surface area (Å²) in [5.41, 5.74) is 2.88. The minimum atomic E-state index is -0.0715. The standard InChI is InChI=1S/C16H20N2O2/c1-11-5-6-13(16(2,3)4)14(7-11)20-15-17-8-12(10-19)9-18-15/h5-9,19H,10H2,1-4H3. The van der Waals surface area contributed by atoms with Gasteiger partial charge in [-0.1, -0.05) is 32.9 Å². The first-order valence-electron chi connectivity index (χ1n) is 6.61. The van der Waals surface area contributed by atoms with Gasteiger partial charge in [0, 0.05) is 23.5 Å². The zero-order chi connectivity index (χ0) is 14.8. The van der Waals surface area contributed by atoms with Gasteiger partial charge < -0.3 is 9.84 Å². The molecule has 1 heterocycles. The predicted octanol–water partition coefficient (Wildman–Crippen LogP) is 3.37. The molecule has 0 fully saturated rings. The number of nitrogens with zero attached hydrogens (tertiary/aromatic N) is 2. The van der Waals surface area contributed by atoms with Crippen LogP contribution in [0.25, 0.3) is 0 Å². The molecule has 0 amide bonds. The molecule has 0 spiro atoms. The molecule has 1 aromatic carbocycles. The van der Waals surface area contributed by atoms with E-state index in [1.165, 1.54) is 0 Å². The van der Waals surface area contributed by atoms with Crippen LogP contribution in [0.5, 0.6) is 11.8 Å². The predicted molar refractivity (Wildman–Crippen MR) is 77.9 cm³/mol. The van der Waals surface area contributed by atoms with Gasteiger partial charge in [0.25, 0.3) is 0 Å². The van der Waals surface area contributed by atoms with E-state index in [9.17, 15) is 0 Å². The lowest BCUT2D eigenvalue weighted by atomic mass is 9.86. The minimum Gasteiger partial charge on any atom is -0.424 e. The first kappa shape index (κ1) is 14.5. The third-order valence-electron chi connectivity index (χ3n) is 3.01. The van der Waals surface area contributed by atoms with E-state index in [1.807, 2.05) is 13.0 Å². The van der Waals surface area contributed by atoms with Gasteiger partial charge >= 0.3 is 6.01 Å². The first-order chi connectivity index (χ1) is 9.40. The minimum absolute atomic E-state index is 0.0198. The third-order valence-corrected chi connectivity index (χ3v) is 3.01. The van der Waals surface area contributed by atoms with Crippen molar-refractivity contribution in [1.29, 1.82) is 0 Å². The van der Waals surface area contributed by atoms with E-state index < -0.39 is 0 Å². The van der Waals surface area contributed by atoms with Gasteiger partial charge in [-0.15, -0.1) is 0 Å². The quantitative estimate of drug-likeness (QED) is 0.930. The number of aryl methyl sites for hydroxylation is 1. The van der Waals surface area contributed by atoms with E-state index in [1.54, 1.807) is 12.4 Å². The fraction of sp³-hybridized carbons (Fsp3) is 0.375. The molecular weight excluding hydrogens is 252 g/mol. The number of hydrogen-bond acceptors (Lipinski definition) is 4. The van der Waals surface area contributed by atoms with Crippen molar-refractivity contribution in [2.75, 3.05) is 0 Å². The van der Waals surface area contributed by atoms with Gasteiger partial charge in [0.2, 0.25) is 0 Å². The fourth-order valence-corrected chi connectivity index (χ4v) is 1.91. The van der Waals surface area contributed by atoms with Crippen LogP contribution in [0.3, 0.4) is 0 Å². The second-order valence-corrected chi connectivity index (χ2v) is 5.88. The van der Waals surface area contributed by atoms with Gasteiger partial charge in [-0.25, -0.2) is 9.97 Å². The average molecular weight is 272 g/mol. The molecule has 2 rings (SSSR count). The number of ether oxygens (including phenoxy) is 1. The van der Waals surface area contributed by atoms with Crippen LogP contribution in [0.1, 0.15) is 37.5 Å². The van der Waals surface area contributed by atoms with Crippen molar-refractivity contribution in [3.05, 3.63) is 47.3 Å². The Bertz CT molecular complexity index is 586. The normalized spacial score (nSPS) is 11.4. The van der Waals surface area contributed by atoms with Crippen molar-refractivity contribution < 1.29 is 9.84 Å². The van der Waals surface area contributed by atoms with Crippen LogP contribution in [0.15, 0.2) is 30.6 Å². The van der Waals surface area contributed by atoms with Crippen molar-refractivity contribution in [2.24, 2.45) is 0 Å². The Morgan fingerprint density at radius 3 is 2.35 bits per heavy atom. The zero-order valence-electron chi connectivity index (χ0n) is 12.3. The Hall–Kier alpha value is -1.94. The molecule has 4 heteroatoms. The fourth-order valence-electron chi connectivity index (χ4n) is 1.91. The Balaban J connectivity index is 2.34. The average Bonchev–Trinajstić information content (AvgIpc) is 2.38. The van der Waals surface area contributed by atoms with Crippen LogP contribution in [0.2, 0.25) is 0 Å². The first-order valence-corrected chi connectivity index (χ1v) is 6.61. The molecule has 0 bridgehead atoms. The Labute approximate surface area is 119 Å². The van der Waals surface area contributed by atoms with E-state index in [0.29, 0.717) is 11.6 Å². The van der Waals surface area contributed by atoms with Crippen LogP contribution in [0.4, 0.5) is 0 Å². The molecule has 1 aromatic heterocycles. The molecule has 106 valence electrons. The van der Waals surface area contributed by atoms with Gasteiger partial charge in [-0.3, -0.25) is 0 Å². The number of hydrogen-bond donors (Lipinski definition) is 1. The molecule has 0 unspecified atom stereocenters. The largest absolute Gasteiger partial charge is 0.424 e. The topological polar surface area (TPSA) is 55.2 Å². The highest BCUT2D eigenvalue weighted by atomic mass is 16.5. The number of aliphatic hydroxyl groups is 1. The number of aliphatic hydroxyl groups excluding tert-OH is 1. The second kappa shape index (κ2) is 5.59. The van der Waals surface area contributed by atoms with Gasteiger partial charge in [0.15, 0.2) is 0 Å². The summed E-state index contributed by atoms with van der Waals surface area (Å²) in [7, 11) is 0. The summed E-state index contributed by atoms with van der Waals surface area (Å²) in [5.74, 6) is 0.772. The van der Waals surface area contributed by atoms with Crippen LogP contribution in [-0.4, -0.2) is 15.1 Å². The Kier molecular flexibility index (Phi) is 4.04. The van der Waals surface area contributed by atoms with Crippen molar-refractivity contribution in [3.8, 4) is 11.8 Å². The van der Waals surface area contributed by atoms with Crippen molar-refractivity contribution >= 4 is 0 Å². The van der Waals surface area contributed by atoms with E-state index in [-0.39, 0.29) is 12.0 Å². The van der Waals surface area contributed by atoms with Gasteiger partial charge in [-0.2, -0.15) is 0 Å². The molecule has 0 aliphatic heterocycles. The van der Waals surface area contributed by atoms with E-state index >= 15 is 0 Å².